The summed E-state index contributed by atoms with van der Waals surface area (Å²) in [6.45, 7) is 9.94. The molecule has 0 spiro atoms. The average molecular weight is 318 g/mol. The molecule has 0 aromatic heterocycles. The Hall–Kier alpha value is -2.24. The summed E-state index contributed by atoms with van der Waals surface area (Å²) >= 11 is 0. The Balaban J connectivity index is 2.28. The van der Waals surface area contributed by atoms with E-state index in [9.17, 15) is 8.42 Å². The zero-order valence-corrected chi connectivity index (χ0v) is 13.3. The highest BCUT2D eigenvalue weighted by Gasteiger charge is 2.33. The van der Waals surface area contributed by atoms with Crippen molar-refractivity contribution < 1.29 is 8.42 Å². The second-order valence-electron chi connectivity index (χ2n) is 5.40. The van der Waals surface area contributed by atoms with E-state index in [-0.39, 0.29) is 10.8 Å². The molecule has 0 radical (unpaired) electrons. The monoisotopic (exact) mass is 318 g/mol. The Kier molecular flexibility index (Phi) is 4.59. The third-order valence-electron chi connectivity index (χ3n) is 3.59. The second kappa shape index (κ2) is 6.25. The molecule has 6 nitrogen and oxygen atoms in total. The number of rotatable bonds is 4. The molecule has 0 amide bonds. The highest BCUT2D eigenvalue weighted by Crippen LogP contribution is 2.36. The van der Waals surface area contributed by atoms with Gasteiger partial charge in [-0.1, -0.05) is 36.0 Å². The molecule has 1 aliphatic rings. The summed E-state index contributed by atoms with van der Waals surface area (Å²) in [6.07, 6.45) is 0.923. The lowest BCUT2D eigenvalue weighted by Crippen LogP contribution is -2.35. The Morgan fingerprint density at radius 2 is 1.82 bits per heavy atom. The Labute approximate surface area is 130 Å². The fraction of sp³-hybridized carbons (Fsp3) is 0.333. The molecule has 0 unspecified atom stereocenters. The minimum Gasteiger partial charge on any atom is -0.244 e. The summed E-state index contributed by atoms with van der Waals surface area (Å²) < 4.78 is 26.7. The molecule has 22 heavy (non-hydrogen) atoms. The Bertz CT molecular complexity index is 728. The van der Waals surface area contributed by atoms with Crippen LogP contribution in [0.3, 0.4) is 0 Å². The lowest BCUT2D eigenvalue weighted by Gasteiger charge is -2.35. The van der Waals surface area contributed by atoms with Gasteiger partial charge in [0.1, 0.15) is 0 Å². The van der Waals surface area contributed by atoms with Gasteiger partial charge >= 0.3 is 0 Å². The number of nitrogens with zero attached hydrogens (tertiary/aromatic N) is 4. The van der Waals surface area contributed by atoms with E-state index in [0.717, 1.165) is 5.56 Å². The van der Waals surface area contributed by atoms with Gasteiger partial charge in [0.05, 0.1) is 4.90 Å². The minimum absolute atomic E-state index is 0.0420. The van der Waals surface area contributed by atoms with Crippen molar-refractivity contribution in [3.05, 3.63) is 64.8 Å². The molecule has 1 aliphatic heterocycles. The van der Waals surface area contributed by atoms with E-state index >= 15 is 0 Å². The van der Waals surface area contributed by atoms with Crippen molar-refractivity contribution in [2.24, 2.45) is 11.0 Å². The molecule has 1 aromatic rings. The summed E-state index contributed by atoms with van der Waals surface area (Å²) in [4.78, 5) is 2.95. The number of allylic oxidation sites excluding steroid dienone is 2. The predicted octanol–water partition coefficient (Wildman–Crippen LogP) is 3.73. The molecule has 2 rings (SSSR count). The van der Waals surface area contributed by atoms with Gasteiger partial charge in [-0.05, 0) is 43.3 Å². The number of azide groups is 1. The van der Waals surface area contributed by atoms with Crippen molar-refractivity contribution >= 4 is 10.0 Å². The third kappa shape index (κ3) is 3.16. The highest BCUT2D eigenvalue weighted by molar-refractivity contribution is 7.89. The topological polar surface area (TPSA) is 86.1 Å². The zero-order valence-electron chi connectivity index (χ0n) is 12.4. The van der Waals surface area contributed by atoms with Crippen LogP contribution in [0.1, 0.15) is 18.4 Å². The van der Waals surface area contributed by atoms with Crippen LogP contribution in [0.2, 0.25) is 0 Å². The highest BCUT2D eigenvalue weighted by atomic mass is 32.2. The van der Waals surface area contributed by atoms with Gasteiger partial charge in [0, 0.05) is 22.9 Å². The smallest absolute Gasteiger partial charge is 0.244 e. The first-order chi connectivity index (χ1) is 10.4. The van der Waals surface area contributed by atoms with E-state index in [1.54, 1.807) is 24.3 Å². The molecule has 1 fully saturated rings. The third-order valence-corrected chi connectivity index (χ3v) is 5.45. The first-order valence-electron chi connectivity index (χ1n) is 6.84. The van der Waals surface area contributed by atoms with Gasteiger partial charge in [-0.3, -0.25) is 0 Å². The fourth-order valence-corrected chi connectivity index (χ4v) is 4.08. The van der Waals surface area contributed by atoms with Crippen LogP contribution < -0.4 is 0 Å². The molecule has 0 N–H and O–H groups in total. The van der Waals surface area contributed by atoms with E-state index in [1.165, 1.54) is 4.31 Å². The summed E-state index contributed by atoms with van der Waals surface area (Å²) in [5.74, 6) is 0.0420. The standard InChI is InChI=1S/C15H18N4O2S/c1-11-4-6-15(7-5-11)22(20,21)19-12(2)8-14(9-13(19)3)10-17-18-16/h4-7,14H,2-3,8-10H2,1H3. The van der Waals surface area contributed by atoms with Crippen molar-refractivity contribution in [1.82, 2.24) is 4.31 Å². The molecule has 0 saturated carbocycles. The molecular formula is C15H18N4O2S. The molecule has 0 atom stereocenters. The average Bonchev–Trinajstić information content (AvgIpc) is 2.44. The number of piperidine rings is 1. The maximum atomic E-state index is 12.8. The largest absolute Gasteiger partial charge is 0.268 e. The number of sulfonamides is 1. The number of benzene rings is 1. The maximum Gasteiger partial charge on any atom is 0.268 e. The van der Waals surface area contributed by atoms with Gasteiger partial charge in [0.25, 0.3) is 10.0 Å². The summed E-state index contributed by atoms with van der Waals surface area (Å²) in [5, 5.41) is 3.55. The van der Waals surface area contributed by atoms with Crippen molar-refractivity contribution in [2.75, 3.05) is 6.54 Å². The van der Waals surface area contributed by atoms with Crippen molar-refractivity contribution in [3.8, 4) is 0 Å². The summed E-state index contributed by atoms with van der Waals surface area (Å²) in [6, 6.07) is 6.67. The zero-order chi connectivity index (χ0) is 16.3. The van der Waals surface area contributed by atoms with E-state index in [0.29, 0.717) is 30.8 Å². The Morgan fingerprint density at radius 3 is 2.32 bits per heavy atom. The summed E-state index contributed by atoms with van der Waals surface area (Å²) in [7, 11) is -3.69. The molecule has 1 heterocycles. The quantitative estimate of drug-likeness (QED) is 0.481. The first-order valence-corrected chi connectivity index (χ1v) is 8.28. The molecule has 0 bridgehead atoms. The van der Waals surface area contributed by atoms with Crippen LogP contribution in [0.4, 0.5) is 0 Å². The lowest BCUT2D eigenvalue weighted by molar-refractivity contribution is 0.390. The molecule has 7 heteroatoms. The lowest BCUT2D eigenvalue weighted by atomic mass is 9.94. The van der Waals surface area contributed by atoms with Crippen LogP contribution in [0.25, 0.3) is 10.4 Å². The molecule has 116 valence electrons. The molecule has 0 aliphatic carbocycles. The fourth-order valence-electron chi connectivity index (χ4n) is 2.56. The molecular weight excluding hydrogens is 300 g/mol. The van der Waals surface area contributed by atoms with E-state index in [2.05, 4.69) is 23.2 Å². The molecule has 1 saturated heterocycles. The van der Waals surface area contributed by atoms with E-state index in [1.807, 2.05) is 6.92 Å². The number of aryl methyl sites for hydroxylation is 1. The van der Waals surface area contributed by atoms with Crippen molar-refractivity contribution in [3.63, 3.8) is 0 Å². The number of hydrogen-bond acceptors (Lipinski definition) is 3. The second-order valence-corrected chi connectivity index (χ2v) is 7.19. The van der Waals surface area contributed by atoms with Gasteiger partial charge in [-0.2, -0.15) is 0 Å². The summed E-state index contributed by atoms with van der Waals surface area (Å²) in [5.41, 5.74) is 10.3. The van der Waals surface area contributed by atoms with Gasteiger partial charge in [-0.25, -0.2) is 12.7 Å². The number of hydrogen-bond donors (Lipinski definition) is 0. The van der Waals surface area contributed by atoms with Gasteiger partial charge in [0.2, 0.25) is 0 Å². The van der Waals surface area contributed by atoms with Gasteiger partial charge in [-0.15, -0.1) is 0 Å². The minimum atomic E-state index is -3.69. The van der Waals surface area contributed by atoms with Crippen molar-refractivity contribution in [1.29, 1.82) is 0 Å². The van der Waals surface area contributed by atoms with Crippen LogP contribution in [0.5, 0.6) is 0 Å². The van der Waals surface area contributed by atoms with Crippen LogP contribution in [0, 0.1) is 12.8 Å². The van der Waals surface area contributed by atoms with Gasteiger partial charge < -0.3 is 0 Å². The predicted molar refractivity (Wildman–Crippen MR) is 85.2 cm³/mol. The van der Waals surface area contributed by atoms with Crippen LogP contribution in [0.15, 0.2) is 58.8 Å². The Morgan fingerprint density at radius 1 is 1.27 bits per heavy atom. The normalized spacial score (nSPS) is 16.5. The van der Waals surface area contributed by atoms with E-state index in [4.69, 9.17) is 5.53 Å². The van der Waals surface area contributed by atoms with Gasteiger partial charge in [0.15, 0.2) is 0 Å². The van der Waals surface area contributed by atoms with E-state index < -0.39 is 10.0 Å². The SMILES string of the molecule is C=C1CC(CN=[N+]=[N-])CC(=C)N1S(=O)(=O)c1ccc(C)cc1. The van der Waals surface area contributed by atoms with Crippen LogP contribution in [-0.4, -0.2) is 19.3 Å². The van der Waals surface area contributed by atoms with Crippen LogP contribution in [-0.2, 0) is 10.0 Å². The van der Waals surface area contributed by atoms with Crippen LogP contribution >= 0.6 is 0 Å². The van der Waals surface area contributed by atoms with Crippen molar-refractivity contribution in [2.45, 2.75) is 24.7 Å². The first kappa shape index (κ1) is 16.1. The maximum absolute atomic E-state index is 12.8. The molecule has 1 aromatic carbocycles.